The molecule has 2 aromatic heterocycles. The van der Waals surface area contributed by atoms with Crippen molar-refractivity contribution >= 4 is 11.5 Å². The van der Waals surface area contributed by atoms with Crippen LogP contribution in [0, 0.1) is 0 Å². The van der Waals surface area contributed by atoms with E-state index < -0.39 is 0 Å². The number of anilines is 1. The molecule has 0 spiro atoms. The van der Waals surface area contributed by atoms with Gasteiger partial charge in [-0.1, -0.05) is 61.9 Å². The van der Waals surface area contributed by atoms with Crippen molar-refractivity contribution in [3.05, 3.63) is 71.5 Å². The summed E-state index contributed by atoms with van der Waals surface area (Å²) in [4.78, 5) is 11.2. The minimum Gasteiger partial charge on any atom is -0.462 e. The zero-order valence-corrected chi connectivity index (χ0v) is 19.8. The summed E-state index contributed by atoms with van der Waals surface area (Å²) in [5.41, 5.74) is 12.6. The zero-order valence-electron chi connectivity index (χ0n) is 19.8. The second-order valence-corrected chi connectivity index (χ2v) is 9.02. The van der Waals surface area contributed by atoms with E-state index in [1.54, 1.807) is 4.52 Å². The maximum Gasteiger partial charge on any atom is 0.336 e. The summed E-state index contributed by atoms with van der Waals surface area (Å²) < 4.78 is 7.44. The van der Waals surface area contributed by atoms with Gasteiger partial charge in [0.05, 0.1) is 18.5 Å². The van der Waals surface area contributed by atoms with Gasteiger partial charge in [-0.3, -0.25) is 4.90 Å². The van der Waals surface area contributed by atoms with Gasteiger partial charge in [0.25, 0.3) is 0 Å². The minimum atomic E-state index is 0.292. The maximum absolute atomic E-state index is 6.11. The first-order valence-corrected chi connectivity index (χ1v) is 12.2. The van der Waals surface area contributed by atoms with Crippen LogP contribution in [0.25, 0.3) is 16.8 Å². The van der Waals surface area contributed by atoms with Gasteiger partial charge in [-0.25, -0.2) is 9.50 Å². The van der Waals surface area contributed by atoms with Crippen molar-refractivity contribution in [1.82, 2.24) is 24.5 Å². The summed E-state index contributed by atoms with van der Waals surface area (Å²) in [5.74, 6) is 0.329. The molecule has 1 aliphatic heterocycles. The Morgan fingerprint density at radius 2 is 1.82 bits per heavy atom. The van der Waals surface area contributed by atoms with Crippen molar-refractivity contribution in [3.63, 3.8) is 0 Å². The van der Waals surface area contributed by atoms with Gasteiger partial charge in [0, 0.05) is 13.0 Å². The van der Waals surface area contributed by atoms with Crippen LogP contribution in [0.15, 0.2) is 54.7 Å². The van der Waals surface area contributed by atoms with E-state index in [0.717, 1.165) is 25.1 Å². The molecule has 1 fully saturated rings. The fraction of sp³-hybridized carbons (Fsp3) is 0.370. The van der Waals surface area contributed by atoms with Gasteiger partial charge in [0.15, 0.2) is 11.5 Å². The van der Waals surface area contributed by atoms with Gasteiger partial charge >= 0.3 is 6.01 Å². The van der Waals surface area contributed by atoms with Crippen LogP contribution >= 0.6 is 0 Å². The first-order chi connectivity index (χ1) is 16.7. The fourth-order valence-corrected chi connectivity index (χ4v) is 4.49. The van der Waals surface area contributed by atoms with Crippen LogP contribution in [0.5, 0.6) is 6.01 Å². The van der Waals surface area contributed by atoms with Crippen molar-refractivity contribution in [2.75, 3.05) is 25.4 Å². The predicted molar refractivity (Wildman–Crippen MR) is 135 cm³/mol. The van der Waals surface area contributed by atoms with Crippen molar-refractivity contribution in [3.8, 4) is 17.1 Å². The molecule has 0 atom stereocenters. The zero-order chi connectivity index (χ0) is 23.3. The molecule has 0 saturated carbocycles. The maximum atomic E-state index is 6.11. The van der Waals surface area contributed by atoms with E-state index in [-0.39, 0.29) is 0 Å². The molecular formula is C27H32N6O. The van der Waals surface area contributed by atoms with Crippen LogP contribution in [0.2, 0.25) is 0 Å². The first-order valence-electron chi connectivity index (χ1n) is 12.2. The highest BCUT2D eigenvalue weighted by Gasteiger charge is 2.14. The van der Waals surface area contributed by atoms with Gasteiger partial charge in [0.1, 0.15) is 0 Å². The Bertz CT molecular complexity index is 1240. The quantitative estimate of drug-likeness (QED) is 0.367. The standard InChI is InChI=1S/C27H32N6O/c1-2-3-15-34-27-30-25(28)26-29-18-24(33(26)31-27)17-21-7-6-8-23(16-21)22-11-9-20(10-12-22)19-32-13-4-5-14-32/h6-12,16,18H,2-5,13-15,17,19H2,1H3,(H2,28,30,31). The SMILES string of the molecule is CCCCOc1nc(N)c2ncc(Cc3cccc(-c4ccc(CN5CCCC5)cc4)c3)n2n1. The molecule has 0 radical (unpaired) electrons. The highest BCUT2D eigenvalue weighted by Crippen LogP contribution is 2.24. The summed E-state index contributed by atoms with van der Waals surface area (Å²) in [6.45, 7) is 6.17. The van der Waals surface area contributed by atoms with Crippen molar-refractivity contribution < 1.29 is 4.74 Å². The smallest absolute Gasteiger partial charge is 0.336 e. The third-order valence-electron chi connectivity index (χ3n) is 6.37. The van der Waals surface area contributed by atoms with Gasteiger partial charge in [-0.05, 0) is 54.6 Å². The number of hydrogen-bond donors (Lipinski definition) is 1. The Kier molecular flexibility index (Phi) is 6.72. The fourth-order valence-electron chi connectivity index (χ4n) is 4.49. The molecule has 1 aliphatic rings. The molecule has 1 saturated heterocycles. The normalized spacial score (nSPS) is 14.1. The molecule has 3 heterocycles. The summed E-state index contributed by atoms with van der Waals surface area (Å²) >= 11 is 0. The number of hydrogen-bond acceptors (Lipinski definition) is 6. The minimum absolute atomic E-state index is 0.292. The number of aromatic nitrogens is 4. The molecule has 0 amide bonds. The molecule has 2 aromatic carbocycles. The number of rotatable bonds is 9. The molecule has 0 bridgehead atoms. The molecule has 5 rings (SSSR count). The van der Waals surface area contributed by atoms with Crippen LogP contribution in [0.4, 0.5) is 5.82 Å². The van der Waals surface area contributed by atoms with Gasteiger partial charge in [0.2, 0.25) is 0 Å². The van der Waals surface area contributed by atoms with Gasteiger partial charge in [-0.15, -0.1) is 5.10 Å². The Hall–Kier alpha value is -3.45. The molecular weight excluding hydrogens is 424 g/mol. The number of unbranched alkanes of at least 4 members (excludes halogenated alkanes) is 1. The van der Waals surface area contributed by atoms with E-state index in [0.29, 0.717) is 30.5 Å². The van der Waals surface area contributed by atoms with Crippen LogP contribution in [0.3, 0.4) is 0 Å². The van der Waals surface area contributed by atoms with E-state index in [4.69, 9.17) is 10.5 Å². The lowest BCUT2D eigenvalue weighted by atomic mass is 10.00. The molecule has 7 heteroatoms. The van der Waals surface area contributed by atoms with Crippen molar-refractivity contribution in [2.24, 2.45) is 0 Å². The number of fused-ring (bicyclic) bond motifs is 1. The lowest BCUT2D eigenvalue weighted by molar-refractivity contribution is 0.280. The lowest BCUT2D eigenvalue weighted by Gasteiger charge is -2.14. The van der Waals surface area contributed by atoms with Crippen LogP contribution < -0.4 is 10.5 Å². The summed E-state index contributed by atoms with van der Waals surface area (Å²) in [6, 6.07) is 17.9. The number of imidazole rings is 1. The number of nitrogens with zero attached hydrogens (tertiary/aromatic N) is 5. The van der Waals surface area contributed by atoms with Crippen molar-refractivity contribution in [2.45, 2.75) is 45.6 Å². The Labute approximate surface area is 200 Å². The Morgan fingerprint density at radius 1 is 1.00 bits per heavy atom. The van der Waals surface area contributed by atoms with E-state index in [1.165, 1.54) is 48.2 Å². The molecule has 176 valence electrons. The highest BCUT2D eigenvalue weighted by molar-refractivity contribution is 5.65. The predicted octanol–water partition coefficient (Wildman–Crippen LogP) is 4.74. The molecule has 2 N–H and O–H groups in total. The number of nitrogen functional groups attached to an aromatic ring is 1. The first kappa shape index (κ1) is 22.3. The Morgan fingerprint density at radius 3 is 2.62 bits per heavy atom. The van der Waals surface area contributed by atoms with Crippen molar-refractivity contribution in [1.29, 1.82) is 0 Å². The number of ether oxygens (including phenoxy) is 1. The largest absolute Gasteiger partial charge is 0.462 e. The summed E-state index contributed by atoms with van der Waals surface area (Å²) in [7, 11) is 0. The molecule has 0 aliphatic carbocycles. The average molecular weight is 457 g/mol. The summed E-state index contributed by atoms with van der Waals surface area (Å²) in [5, 5.41) is 4.53. The number of benzene rings is 2. The van der Waals surface area contributed by atoms with Crippen LogP contribution in [0.1, 0.15) is 49.4 Å². The third-order valence-corrected chi connectivity index (χ3v) is 6.37. The average Bonchev–Trinajstić information content (AvgIpc) is 3.51. The monoisotopic (exact) mass is 456 g/mol. The van der Waals surface area contributed by atoms with E-state index in [2.05, 4.69) is 75.4 Å². The highest BCUT2D eigenvalue weighted by atomic mass is 16.5. The molecule has 34 heavy (non-hydrogen) atoms. The lowest BCUT2D eigenvalue weighted by Crippen LogP contribution is -2.18. The molecule has 7 nitrogen and oxygen atoms in total. The number of likely N-dealkylation sites (tertiary alicyclic amines) is 1. The second-order valence-electron chi connectivity index (χ2n) is 9.02. The van der Waals surface area contributed by atoms with Gasteiger partial charge < -0.3 is 10.5 Å². The Balaban J connectivity index is 1.33. The van der Waals surface area contributed by atoms with E-state index in [1.807, 2.05) is 6.20 Å². The second kappa shape index (κ2) is 10.2. The topological polar surface area (TPSA) is 81.6 Å². The van der Waals surface area contributed by atoms with Crippen LogP contribution in [-0.4, -0.2) is 44.2 Å². The van der Waals surface area contributed by atoms with Crippen LogP contribution in [-0.2, 0) is 13.0 Å². The molecule has 0 unspecified atom stereocenters. The summed E-state index contributed by atoms with van der Waals surface area (Å²) in [6.07, 6.45) is 7.14. The van der Waals surface area contributed by atoms with Gasteiger partial charge in [-0.2, -0.15) is 4.98 Å². The number of nitrogens with two attached hydrogens (primary N) is 1. The third kappa shape index (κ3) is 5.04. The van der Waals surface area contributed by atoms with E-state index in [9.17, 15) is 0 Å². The van der Waals surface area contributed by atoms with E-state index >= 15 is 0 Å². The molecule has 4 aromatic rings.